The van der Waals surface area contributed by atoms with Gasteiger partial charge < -0.3 is 25.8 Å². The second-order valence-corrected chi connectivity index (χ2v) is 12.0. The van der Waals surface area contributed by atoms with Crippen molar-refractivity contribution in [1.29, 1.82) is 0 Å². The van der Waals surface area contributed by atoms with E-state index in [0.29, 0.717) is 88.7 Å². The average molecular weight is 652 g/mol. The molecule has 12 heteroatoms. The second kappa shape index (κ2) is 13.7. The largest absolute Gasteiger partial charge is 0.481 e. The molecule has 4 N–H and O–H groups in total. The van der Waals surface area contributed by atoms with Gasteiger partial charge in [0.15, 0.2) is 11.6 Å². The zero-order valence-corrected chi connectivity index (χ0v) is 26.1. The van der Waals surface area contributed by atoms with Gasteiger partial charge in [-0.2, -0.15) is 0 Å². The number of hydrogen-bond donors (Lipinski definition) is 4. The van der Waals surface area contributed by atoms with E-state index in [1.165, 1.54) is 0 Å². The number of halogens is 3. The zero-order valence-electron chi connectivity index (χ0n) is 24.6. The standard InChI is InChI=1S/C33H33Cl2FN6O3/c1-45-33-19(14-37-15-21-9-11-28(44)39-21)8-10-26(41-33)25-6-2-4-23(29(25)34)24-5-3-7-27(30(24)35)40-32-31(36)20(12-13-38-32)16-42-17-22(43)18-42/h2-8,10,12-13,21-22,37,43H,9,11,14-18H2,1H3,(H,38,40)(H,39,44)/t21-/m0/s1. The van der Waals surface area contributed by atoms with Gasteiger partial charge in [0, 0.05) is 79.2 Å². The van der Waals surface area contributed by atoms with E-state index in [1.807, 2.05) is 47.4 Å². The number of carbonyl (C=O) groups is 1. The highest BCUT2D eigenvalue weighted by molar-refractivity contribution is 6.39. The Hall–Kier alpha value is -3.80. The third-order valence-electron chi connectivity index (χ3n) is 8.04. The maximum Gasteiger partial charge on any atom is 0.220 e. The first-order valence-corrected chi connectivity index (χ1v) is 15.5. The van der Waals surface area contributed by atoms with E-state index < -0.39 is 5.82 Å². The Kier molecular flexibility index (Phi) is 9.48. The minimum absolute atomic E-state index is 0.0614. The van der Waals surface area contributed by atoms with Crippen molar-refractivity contribution in [2.24, 2.45) is 0 Å². The van der Waals surface area contributed by atoms with E-state index in [4.69, 9.17) is 32.9 Å². The summed E-state index contributed by atoms with van der Waals surface area (Å²) in [4.78, 5) is 22.4. The van der Waals surface area contributed by atoms with E-state index >= 15 is 4.39 Å². The molecule has 45 heavy (non-hydrogen) atoms. The molecular weight excluding hydrogens is 618 g/mol. The average Bonchev–Trinajstić information content (AvgIpc) is 3.44. The number of nitrogens with one attached hydrogen (secondary N) is 3. The maximum atomic E-state index is 15.4. The first kappa shape index (κ1) is 31.2. The molecule has 2 saturated heterocycles. The molecule has 2 fully saturated rings. The van der Waals surface area contributed by atoms with Gasteiger partial charge in [-0.1, -0.05) is 59.6 Å². The fourth-order valence-corrected chi connectivity index (χ4v) is 6.25. The summed E-state index contributed by atoms with van der Waals surface area (Å²) in [5.41, 5.74) is 4.52. The first-order valence-electron chi connectivity index (χ1n) is 14.7. The maximum absolute atomic E-state index is 15.4. The Bertz CT molecular complexity index is 1720. The van der Waals surface area contributed by atoms with E-state index in [-0.39, 0.29) is 23.9 Å². The molecule has 0 aliphatic carbocycles. The van der Waals surface area contributed by atoms with E-state index in [2.05, 4.69) is 20.9 Å². The van der Waals surface area contributed by atoms with Gasteiger partial charge in [-0.15, -0.1) is 0 Å². The number of nitrogens with zero attached hydrogens (tertiary/aromatic N) is 3. The van der Waals surface area contributed by atoms with Crippen LogP contribution in [-0.2, 0) is 17.9 Å². The highest BCUT2D eigenvalue weighted by Crippen LogP contribution is 2.42. The molecule has 0 bridgehead atoms. The SMILES string of the molecule is COc1nc(-c2cccc(-c3cccc(Nc4nccc(CN5CC(O)C5)c4F)c3Cl)c2Cl)ccc1CNC[C@@H]1CCC(=O)N1. The molecule has 0 unspecified atom stereocenters. The van der Waals surface area contributed by atoms with Gasteiger partial charge in [-0.25, -0.2) is 14.4 Å². The van der Waals surface area contributed by atoms with Crippen molar-refractivity contribution in [3.05, 3.63) is 87.8 Å². The minimum Gasteiger partial charge on any atom is -0.481 e. The Morgan fingerprint density at radius 1 is 1.04 bits per heavy atom. The summed E-state index contributed by atoms with van der Waals surface area (Å²) in [5.74, 6) is 0.157. The summed E-state index contributed by atoms with van der Waals surface area (Å²) in [6.07, 6.45) is 2.57. The number of benzene rings is 2. The van der Waals surface area contributed by atoms with Gasteiger partial charge in [0.25, 0.3) is 0 Å². The van der Waals surface area contributed by atoms with Crippen molar-refractivity contribution >= 4 is 40.6 Å². The number of rotatable bonds is 11. The number of aliphatic hydroxyl groups excluding tert-OH is 1. The van der Waals surface area contributed by atoms with Gasteiger partial charge in [0.2, 0.25) is 11.8 Å². The summed E-state index contributed by atoms with van der Waals surface area (Å²) in [5, 5.41) is 19.8. The van der Waals surface area contributed by atoms with Crippen molar-refractivity contribution in [3.63, 3.8) is 0 Å². The van der Waals surface area contributed by atoms with Crippen molar-refractivity contribution in [1.82, 2.24) is 25.5 Å². The number of hydrogen-bond acceptors (Lipinski definition) is 8. The molecule has 0 saturated carbocycles. The summed E-state index contributed by atoms with van der Waals surface area (Å²) in [6.45, 7) is 2.61. The van der Waals surface area contributed by atoms with Crippen LogP contribution in [0.2, 0.25) is 10.0 Å². The number of likely N-dealkylation sites (tertiary alicyclic amines) is 1. The van der Waals surface area contributed by atoms with E-state index in [9.17, 15) is 9.90 Å². The molecular formula is C33H33Cl2FN6O3. The number of carbonyl (C=O) groups excluding carboxylic acids is 1. The summed E-state index contributed by atoms with van der Waals surface area (Å²) >= 11 is 13.9. The first-order chi connectivity index (χ1) is 21.8. The van der Waals surface area contributed by atoms with Crippen LogP contribution in [0.5, 0.6) is 5.88 Å². The van der Waals surface area contributed by atoms with Crippen LogP contribution in [-0.4, -0.2) is 64.8 Å². The number of pyridine rings is 2. The van der Waals surface area contributed by atoms with Crippen LogP contribution in [0.4, 0.5) is 15.9 Å². The highest BCUT2D eigenvalue weighted by Gasteiger charge is 2.26. The van der Waals surface area contributed by atoms with Crippen LogP contribution in [0.15, 0.2) is 60.8 Å². The third-order valence-corrected chi connectivity index (χ3v) is 8.86. The predicted octanol–water partition coefficient (Wildman–Crippen LogP) is 5.55. The fraction of sp³-hybridized carbons (Fsp3) is 0.303. The summed E-state index contributed by atoms with van der Waals surface area (Å²) in [6, 6.07) is 16.7. The van der Waals surface area contributed by atoms with Crippen LogP contribution in [0, 0.1) is 5.82 Å². The number of aromatic nitrogens is 2. The zero-order chi connectivity index (χ0) is 31.5. The van der Waals surface area contributed by atoms with Gasteiger partial charge in [0.1, 0.15) is 0 Å². The van der Waals surface area contributed by atoms with Gasteiger partial charge in [-0.3, -0.25) is 9.69 Å². The van der Waals surface area contributed by atoms with Crippen LogP contribution >= 0.6 is 23.2 Å². The molecule has 234 valence electrons. The molecule has 1 amide bonds. The number of β-amino-alcohol motifs (C(OH)–C–C–N with tert-alkyl or cyclic N) is 1. The van der Waals surface area contributed by atoms with Gasteiger partial charge in [0.05, 0.1) is 34.6 Å². The minimum atomic E-state index is -0.468. The smallest absolute Gasteiger partial charge is 0.220 e. The van der Waals surface area contributed by atoms with Gasteiger partial charge in [-0.05, 0) is 24.6 Å². The van der Waals surface area contributed by atoms with Crippen molar-refractivity contribution in [2.75, 3.05) is 32.1 Å². The third kappa shape index (κ3) is 6.90. The molecule has 6 rings (SSSR count). The van der Waals surface area contributed by atoms with E-state index in [0.717, 1.165) is 12.0 Å². The lowest BCUT2D eigenvalue weighted by Gasteiger charge is -2.35. The lowest BCUT2D eigenvalue weighted by Crippen LogP contribution is -2.49. The van der Waals surface area contributed by atoms with Gasteiger partial charge >= 0.3 is 0 Å². The van der Waals surface area contributed by atoms with E-state index in [1.54, 1.807) is 25.4 Å². The molecule has 2 aromatic heterocycles. The Balaban J connectivity index is 1.21. The number of ether oxygens (including phenoxy) is 1. The topological polar surface area (TPSA) is 112 Å². The lowest BCUT2D eigenvalue weighted by atomic mass is 10.00. The van der Waals surface area contributed by atoms with Crippen LogP contribution in [0.3, 0.4) is 0 Å². The van der Waals surface area contributed by atoms with Crippen LogP contribution in [0.1, 0.15) is 24.0 Å². The summed E-state index contributed by atoms with van der Waals surface area (Å²) in [7, 11) is 1.58. The quantitative estimate of drug-likeness (QED) is 0.167. The Morgan fingerprint density at radius 3 is 2.53 bits per heavy atom. The molecule has 0 spiro atoms. The number of anilines is 2. The second-order valence-electron chi connectivity index (χ2n) is 11.2. The molecule has 9 nitrogen and oxygen atoms in total. The fourth-order valence-electron chi connectivity index (χ4n) is 5.65. The molecule has 2 aliphatic heterocycles. The number of methoxy groups -OCH3 is 1. The predicted molar refractivity (Wildman–Crippen MR) is 173 cm³/mol. The van der Waals surface area contributed by atoms with Crippen molar-refractivity contribution in [3.8, 4) is 28.3 Å². The molecule has 2 aromatic carbocycles. The highest BCUT2D eigenvalue weighted by atomic mass is 35.5. The monoisotopic (exact) mass is 650 g/mol. The molecule has 0 radical (unpaired) electrons. The summed E-state index contributed by atoms with van der Waals surface area (Å²) < 4.78 is 21.0. The molecule has 2 aliphatic rings. The normalized spacial score (nSPS) is 16.8. The number of amides is 1. The molecule has 1 atom stereocenters. The molecule has 4 heterocycles. The van der Waals surface area contributed by atoms with Crippen LogP contribution < -0.4 is 20.7 Å². The van der Waals surface area contributed by atoms with Crippen molar-refractivity contribution < 1.29 is 19.0 Å². The Labute approximate surface area is 270 Å². The molecule has 4 aromatic rings. The van der Waals surface area contributed by atoms with Crippen molar-refractivity contribution in [2.45, 2.75) is 38.1 Å². The number of aliphatic hydroxyl groups is 1. The Morgan fingerprint density at radius 2 is 1.80 bits per heavy atom. The van der Waals surface area contributed by atoms with Crippen LogP contribution in [0.25, 0.3) is 22.4 Å². The lowest BCUT2D eigenvalue weighted by molar-refractivity contribution is -0.119.